The summed E-state index contributed by atoms with van der Waals surface area (Å²) in [7, 11) is 0. The van der Waals surface area contributed by atoms with E-state index in [0.29, 0.717) is 12.5 Å². The van der Waals surface area contributed by atoms with Gasteiger partial charge in [-0.15, -0.1) is 0 Å². The van der Waals surface area contributed by atoms with Crippen LogP contribution in [0.4, 0.5) is 13.2 Å². The van der Waals surface area contributed by atoms with Crippen molar-refractivity contribution in [1.29, 1.82) is 0 Å². The summed E-state index contributed by atoms with van der Waals surface area (Å²) in [6, 6.07) is -0.253. The molecule has 1 rings (SSSR count). The molecule has 2 nitrogen and oxygen atoms in total. The third kappa shape index (κ3) is 5.37. The monoisotopic (exact) mass is 224 g/mol. The van der Waals surface area contributed by atoms with Crippen molar-refractivity contribution in [3.8, 4) is 0 Å². The lowest BCUT2D eigenvalue weighted by Crippen LogP contribution is -2.34. The molecule has 3 N–H and O–H groups in total. The molecule has 5 heteroatoms. The second kappa shape index (κ2) is 5.16. The first-order chi connectivity index (χ1) is 6.87. The van der Waals surface area contributed by atoms with Crippen LogP contribution in [0, 0.1) is 5.92 Å². The fourth-order valence-corrected chi connectivity index (χ4v) is 2.09. The number of nitrogens with one attached hydrogen (secondary N) is 1. The van der Waals surface area contributed by atoms with Crippen LogP contribution < -0.4 is 11.1 Å². The zero-order chi connectivity index (χ0) is 11.5. The van der Waals surface area contributed by atoms with E-state index >= 15 is 0 Å². The first kappa shape index (κ1) is 12.8. The molecule has 1 aliphatic carbocycles. The predicted octanol–water partition coefficient (Wildman–Crippen LogP) is 2.04. The second-order valence-electron chi connectivity index (χ2n) is 4.57. The Balaban J connectivity index is 2.14. The van der Waals surface area contributed by atoms with Gasteiger partial charge in [-0.3, -0.25) is 0 Å². The molecule has 1 fully saturated rings. The van der Waals surface area contributed by atoms with Crippen molar-refractivity contribution in [2.24, 2.45) is 11.7 Å². The maximum Gasteiger partial charge on any atom is 0.390 e. The van der Waals surface area contributed by atoms with Crippen molar-refractivity contribution >= 4 is 0 Å². The number of nitrogens with two attached hydrogens (primary N) is 1. The summed E-state index contributed by atoms with van der Waals surface area (Å²) in [6.45, 7) is 2.23. The third-order valence-corrected chi connectivity index (χ3v) is 2.87. The molecule has 90 valence electrons. The summed E-state index contributed by atoms with van der Waals surface area (Å²) in [6.07, 6.45) is -1.86. The van der Waals surface area contributed by atoms with Gasteiger partial charge in [0.1, 0.15) is 0 Å². The van der Waals surface area contributed by atoms with Gasteiger partial charge in [0.15, 0.2) is 0 Å². The molecular weight excluding hydrogens is 205 g/mol. The Bertz CT molecular complexity index is 194. The third-order valence-electron chi connectivity index (χ3n) is 2.87. The van der Waals surface area contributed by atoms with Crippen molar-refractivity contribution < 1.29 is 13.2 Å². The van der Waals surface area contributed by atoms with Crippen molar-refractivity contribution in [2.45, 2.75) is 50.9 Å². The second-order valence-corrected chi connectivity index (χ2v) is 4.57. The first-order valence-corrected chi connectivity index (χ1v) is 5.42. The summed E-state index contributed by atoms with van der Waals surface area (Å²) in [5, 5.41) is 2.93. The molecule has 0 aromatic rings. The van der Waals surface area contributed by atoms with Gasteiger partial charge >= 0.3 is 6.18 Å². The summed E-state index contributed by atoms with van der Waals surface area (Å²) < 4.78 is 36.0. The largest absolute Gasteiger partial charge is 0.390 e. The molecule has 0 aliphatic heterocycles. The molecular formula is C10H19F3N2. The summed E-state index contributed by atoms with van der Waals surface area (Å²) in [4.78, 5) is 0. The van der Waals surface area contributed by atoms with Crippen LogP contribution in [0.2, 0.25) is 0 Å². The zero-order valence-electron chi connectivity index (χ0n) is 8.98. The molecule has 15 heavy (non-hydrogen) atoms. The van der Waals surface area contributed by atoms with E-state index in [1.807, 2.05) is 0 Å². The standard InChI is InChI=1S/C10H19F3N2/c1-7(5-10(11,12)13)15-6-8-2-3-9(14)4-8/h7-9,15H,2-6,14H2,1H3. The minimum absolute atomic E-state index is 0.245. The van der Waals surface area contributed by atoms with Gasteiger partial charge in [0.25, 0.3) is 0 Å². The SMILES string of the molecule is CC(CC(F)(F)F)NCC1CCC(N)C1. The number of hydrogen-bond donors (Lipinski definition) is 2. The average Bonchev–Trinajstić information content (AvgIpc) is 2.45. The summed E-state index contributed by atoms with van der Waals surface area (Å²) >= 11 is 0. The Kier molecular flexibility index (Phi) is 4.40. The highest BCUT2D eigenvalue weighted by Crippen LogP contribution is 2.24. The van der Waals surface area contributed by atoms with Crippen molar-refractivity contribution in [2.75, 3.05) is 6.54 Å². The molecule has 0 spiro atoms. The van der Waals surface area contributed by atoms with Gasteiger partial charge in [-0.05, 0) is 38.6 Å². The van der Waals surface area contributed by atoms with Crippen LogP contribution >= 0.6 is 0 Å². The maximum atomic E-state index is 12.0. The molecule has 0 radical (unpaired) electrons. The Morgan fingerprint density at radius 2 is 2.07 bits per heavy atom. The van der Waals surface area contributed by atoms with Crippen LogP contribution in [0.5, 0.6) is 0 Å². The van der Waals surface area contributed by atoms with Crippen LogP contribution in [-0.2, 0) is 0 Å². The van der Waals surface area contributed by atoms with Crippen molar-refractivity contribution in [3.63, 3.8) is 0 Å². The van der Waals surface area contributed by atoms with Gasteiger partial charge in [0.05, 0.1) is 6.42 Å². The Hall–Kier alpha value is -0.290. The predicted molar refractivity (Wildman–Crippen MR) is 53.5 cm³/mol. The Morgan fingerprint density at radius 1 is 1.40 bits per heavy atom. The van der Waals surface area contributed by atoms with Crippen molar-refractivity contribution in [1.82, 2.24) is 5.32 Å². The topological polar surface area (TPSA) is 38.0 Å². The molecule has 0 amide bonds. The van der Waals surface area contributed by atoms with Crippen LogP contribution in [-0.4, -0.2) is 24.8 Å². The smallest absolute Gasteiger partial charge is 0.328 e. The fraction of sp³-hybridized carbons (Fsp3) is 1.00. The first-order valence-electron chi connectivity index (χ1n) is 5.42. The lowest BCUT2D eigenvalue weighted by atomic mass is 10.1. The Morgan fingerprint density at radius 3 is 2.53 bits per heavy atom. The van der Waals surface area contributed by atoms with Crippen LogP contribution in [0.25, 0.3) is 0 Å². The normalized spacial score (nSPS) is 29.4. The number of rotatable bonds is 4. The Labute approximate surface area is 88.4 Å². The molecule has 1 aliphatic rings. The highest BCUT2D eigenvalue weighted by molar-refractivity contribution is 4.80. The molecule has 3 unspecified atom stereocenters. The number of halogens is 3. The number of hydrogen-bond acceptors (Lipinski definition) is 2. The molecule has 1 saturated carbocycles. The summed E-state index contributed by atoms with van der Waals surface area (Å²) in [5.41, 5.74) is 5.73. The van der Waals surface area contributed by atoms with Gasteiger partial charge in [0, 0.05) is 12.1 Å². The lowest BCUT2D eigenvalue weighted by molar-refractivity contribution is -0.139. The van der Waals surface area contributed by atoms with Gasteiger partial charge < -0.3 is 11.1 Å². The van der Waals surface area contributed by atoms with Crippen molar-refractivity contribution in [3.05, 3.63) is 0 Å². The van der Waals surface area contributed by atoms with E-state index in [2.05, 4.69) is 5.32 Å². The van der Waals surface area contributed by atoms with Gasteiger partial charge in [-0.2, -0.15) is 13.2 Å². The minimum Gasteiger partial charge on any atom is -0.328 e. The van der Waals surface area contributed by atoms with E-state index in [1.54, 1.807) is 6.92 Å². The lowest BCUT2D eigenvalue weighted by Gasteiger charge is -2.18. The average molecular weight is 224 g/mol. The van der Waals surface area contributed by atoms with Crippen LogP contribution in [0.3, 0.4) is 0 Å². The van der Waals surface area contributed by atoms with Crippen LogP contribution in [0.15, 0.2) is 0 Å². The molecule has 3 atom stereocenters. The summed E-state index contributed by atoms with van der Waals surface area (Å²) in [5.74, 6) is 0.454. The zero-order valence-corrected chi connectivity index (χ0v) is 8.98. The molecule has 0 bridgehead atoms. The minimum atomic E-state index is -4.07. The van der Waals surface area contributed by atoms with Crippen LogP contribution in [0.1, 0.15) is 32.6 Å². The molecule has 0 saturated heterocycles. The van der Waals surface area contributed by atoms with Gasteiger partial charge in [0.2, 0.25) is 0 Å². The van der Waals surface area contributed by atoms with Gasteiger partial charge in [-0.1, -0.05) is 0 Å². The quantitative estimate of drug-likeness (QED) is 0.767. The van der Waals surface area contributed by atoms with E-state index in [1.165, 1.54) is 0 Å². The maximum absolute atomic E-state index is 12.0. The highest BCUT2D eigenvalue weighted by atomic mass is 19.4. The molecule has 0 aromatic carbocycles. The fourth-order valence-electron chi connectivity index (χ4n) is 2.09. The van der Waals surface area contributed by atoms with E-state index in [9.17, 15) is 13.2 Å². The van der Waals surface area contributed by atoms with E-state index < -0.39 is 18.6 Å². The number of alkyl halides is 3. The van der Waals surface area contributed by atoms with E-state index in [-0.39, 0.29) is 6.04 Å². The molecule has 0 heterocycles. The van der Waals surface area contributed by atoms with E-state index in [0.717, 1.165) is 19.3 Å². The molecule has 0 aromatic heterocycles. The van der Waals surface area contributed by atoms with Gasteiger partial charge in [-0.25, -0.2) is 0 Å². The highest BCUT2D eigenvalue weighted by Gasteiger charge is 2.30. The van der Waals surface area contributed by atoms with E-state index in [4.69, 9.17) is 5.73 Å².